The zero-order valence-electron chi connectivity index (χ0n) is 14.8. The molecule has 0 saturated carbocycles. The highest BCUT2D eigenvalue weighted by Crippen LogP contribution is 2.41. The van der Waals surface area contributed by atoms with E-state index in [4.69, 9.17) is 32.7 Å². The molecule has 0 saturated heterocycles. The van der Waals surface area contributed by atoms with Crippen LogP contribution in [0.25, 0.3) is 0 Å². The summed E-state index contributed by atoms with van der Waals surface area (Å²) in [5.41, 5.74) is 1.46. The minimum atomic E-state index is -1.55. The molecular weight excluding hydrogens is 359 g/mol. The molecule has 2 aromatic carbocycles. The first-order valence-electron chi connectivity index (χ1n) is 7.98. The van der Waals surface area contributed by atoms with E-state index in [9.17, 15) is 4.79 Å². The van der Waals surface area contributed by atoms with Crippen LogP contribution in [0.4, 0.5) is 0 Å². The lowest BCUT2D eigenvalue weighted by Crippen LogP contribution is -2.41. The summed E-state index contributed by atoms with van der Waals surface area (Å²) >= 11 is 13.2. The van der Waals surface area contributed by atoms with Gasteiger partial charge in [0.15, 0.2) is 0 Å². The molecule has 0 N–H and O–H groups in total. The van der Waals surface area contributed by atoms with Gasteiger partial charge in [-0.2, -0.15) is 0 Å². The van der Waals surface area contributed by atoms with E-state index < -0.39 is 22.2 Å². The molecule has 25 heavy (non-hydrogen) atoms. The van der Waals surface area contributed by atoms with Crippen LogP contribution in [0, 0.1) is 6.92 Å². The van der Waals surface area contributed by atoms with Crippen LogP contribution in [0.2, 0.25) is 0 Å². The molecule has 0 aromatic heterocycles. The molecule has 0 aliphatic heterocycles. The maximum Gasteiger partial charge on any atom is 0.340 e. The molecule has 0 spiro atoms. The van der Waals surface area contributed by atoms with E-state index in [0.29, 0.717) is 11.1 Å². The number of alkyl halides is 2. The number of hydrogen-bond donors (Lipinski definition) is 0. The first kappa shape index (κ1) is 19.8. The van der Waals surface area contributed by atoms with Crippen LogP contribution in [-0.4, -0.2) is 17.9 Å². The highest BCUT2D eigenvalue weighted by molar-refractivity contribution is 6.48. The van der Waals surface area contributed by atoms with E-state index in [1.807, 2.05) is 45.9 Å². The van der Waals surface area contributed by atoms with E-state index in [1.54, 1.807) is 36.4 Å². The molecule has 0 heterocycles. The molecule has 0 bridgehead atoms. The summed E-state index contributed by atoms with van der Waals surface area (Å²) in [7, 11) is 0. The molecule has 0 radical (unpaired) electrons. The number of rotatable bonds is 5. The van der Waals surface area contributed by atoms with Crippen molar-refractivity contribution in [1.82, 2.24) is 0 Å². The molecule has 1 atom stereocenters. The molecular formula is C20H22Cl2O3. The Bertz CT molecular complexity index is 704. The zero-order chi connectivity index (χ0) is 18.7. The Kier molecular flexibility index (Phi) is 6.15. The van der Waals surface area contributed by atoms with Gasteiger partial charge in [-0.25, -0.2) is 4.79 Å². The third-order valence-electron chi connectivity index (χ3n) is 3.42. The number of hydrogen-bond acceptors (Lipinski definition) is 3. The van der Waals surface area contributed by atoms with Gasteiger partial charge in [-0.3, -0.25) is 0 Å². The second-order valence-electron chi connectivity index (χ2n) is 6.82. The van der Waals surface area contributed by atoms with Gasteiger partial charge >= 0.3 is 5.97 Å². The lowest BCUT2D eigenvalue weighted by atomic mass is 10.1. The van der Waals surface area contributed by atoms with Crippen molar-refractivity contribution in [3.8, 4) is 0 Å². The Hall–Kier alpha value is -1.55. The van der Waals surface area contributed by atoms with Gasteiger partial charge in [-0.1, -0.05) is 71.2 Å². The zero-order valence-corrected chi connectivity index (χ0v) is 16.3. The van der Waals surface area contributed by atoms with E-state index >= 15 is 0 Å². The monoisotopic (exact) mass is 380 g/mol. The molecule has 0 fully saturated rings. The number of esters is 1. The number of aryl methyl sites for hydroxylation is 1. The van der Waals surface area contributed by atoms with Crippen LogP contribution in [-0.2, 0) is 13.8 Å². The van der Waals surface area contributed by atoms with Gasteiger partial charge in [-0.05, 0) is 45.4 Å². The van der Waals surface area contributed by atoms with Crippen LogP contribution in [0.15, 0.2) is 54.6 Å². The molecule has 0 aliphatic carbocycles. The number of carbonyl (C=O) groups excluding carboxylic acids is 1. The Morgan fingerprint density at radius 1 is 0.960 bits per heavy atom. The van der Waals surface area contributed by atoms with Crippen LogP contribution in [0.3, 0.4) is 0 Å². The van der Waals surface area contributed by atoms with Crippen molar-refractivity contribution < 1.29 is 14.3 Å². The lowest BCUT2D eigenvalue weighted by molar-refractivity contribution is -0.176. The van der Waals surface area contributed by atoms with Gasteiger partial charge in [0.1, 0.15) is 0 Å². The normalized spacial score (nSPS) is 13.4. The predicted molar refractivity (Wildman–Crippen MR) is 101 cm³/mol. The van der Waals surface area contributed by atoms with Gasteiger partial charge in [0.25, 0.3) is 0 Å². The second kappa shape index (κ2) is 7.77. The second-order valence-corrected chi connectivity index (χ2v) is 8.21. The van der Waals surface area contributed by atoms with Crippen LogP contribution >= 0.6 is 23.2 Å². The van der Waals surface area contributed by atoms with Crippen molar-refractivity contribution in [1.29, 1.82) is 0 Å². The molecule has 2 aromatic rings. The summed E-state index contributed by atoms with van der Waals surface area (Å²) in [4.78, 5) is 12.5. The minimum absolute atomic E-state index is 0.401. The highest BCUT2D eigenvalue weighted by Gasteiger charge is 2.43. The lowest BCUT2D eigenvalue weighted by Gasteiger charge is -2.34. The highest BCUT2D eigenvalue weighted by atomic mass is 35.5. The summed E-state index contributed by atoms with van der Waals surface area (Å²) < 4.78 is 9.86. The number of ether oxygens (including phenoxy) is 2. The molecule has 1 unspecified atom stereocenters. The van der Waals surface area contributed by atoms with Crippen molar-refractivity contribution in [3.63, 3.8) is 0 Å². The van der Waals surface area contributed by atoms with E-state index in [-0.39, 0.29) is 0 Å². The average molecular weight is 381 g/mol. The third kappa shape index (κ3) is 5.46. The van der Waals surface area contributed by atoms with Gasteiger partial charge in [0.05, 0.1) is 11.2 Å². The summed E-state index contributed by atoms with van der Waals surface area (Å²) in [5.74, 6) is -0.548. The quantitative estimate of drug-likeness (QED) is 0.383. The Balaban J connectivity index is 2.31. The maximum atomic E-state index is 12.5. The van der Waals surface area contributed by atoms with Crippen LogP contribution in [0.5, 0.6) is 0 Å². The van der Waals surface area contributed by atoms with Gasteiger partial charge in [0.2, 0.25) is 10.6 Å². The predicted octanol–water partition coefficient (Wildman–Crippen LogP) is 5.62. The molecule has 3 nitrogen and oxygen atoms in total. The van der Waals surface area contributed by atoms with Crippen molar-refractivity contribution in [2.45, 2.75) is 43.9 Å². The van der Waals surface area contributed by atoms with Gasteiger partial charge in [-0.15, -0.1) is 0 Å². The summed E-state index contributed by atoms with van der Waals surface area (Å²) in [6.07, 6.45) is -1.17. The largest absolute Gasteiger partial charge is 0.428 e. The SMILES string of the molecule is Cc1ccc(C(Cl)(Cl)C(OC(=O)c2ccccc2)OC(C)(C)C)cc1. The molecule has 0 amide bonds. The number of benzene rings is 2. The fraction of sp³-hybridized carbons (Fsp3) is 0.350. The standard InChI is InChI=1S/C20H22Cl2O3/c1-14-10-12-16(13-11-14)20(21,22)18(25-19(2,3)4)24-17(23)15-8-6-5-7-9-15/h5-13,18H,1-4H3. The van der Waals surface area contributed by atoms with E-state index in [1.165, 1.54) is 0 Å². The van der Waals surface area contributed by atoms with E-state index in [0.717, 1.165) is 5.56 Å². The number of halogens is 2. The summed E-state index contributed by atoms with van der Waals surface area (Å²) in [6, 6.07) is 16.0. The Morgan fingerprint density at radius 3 is 2.04 bits per heavy atom. The smallest absolute Gasteiger partial charge is 0.340 e. The topological polar surface area (TPSA) is 35.5 Å². The minimum Gasteiger partial charge on any atom is -0.428 e. The first-order valence-corrected chi connectivity index (χ1v) is 8.74. The fourth-order valence-electron chi connectivity index (χ4n) is 2.14. The number of carbonyl (C=O) groups is 1. The molecule has 134 valence electrons. The van der Waals surface area contributed by atoms with Gasteiger partial charge < -0.3 is 9.47 Å². The van der Waals surface area contributed by atoms with Crippen LogP contribution in [0.1, 0.15) is 42.3 Å². The molecule has 2 rings (SSSR count). The van der Waals surface area contributed by atoms with Crippen molar-refractivity contribution in [2.24, 2.45) is 0 Å². The first-order chi connectivity index (χ1) is 11.6. The van der Waals surface area contributed by atoms with E-state index in [2.05, 4.69) is 0 Å². The fourth-order valence-corrected chi connectivity index (χ4v) is 2.57. The van der Waals surface area contributed by atoms with Crippen molar-refractivity contribution in [2.75, 3.05) is 0 Å². The van der Waals surface area contributed by atoms with Gasteiger partial charge in [0, 0.05) is 0 Å². The average Bonchev–Trinajstić information content (AvgIpc) is 2.54. The van der Waals surface area contributed by atoms with Crippen molar-refractivity contribution >= 4 is 29.2 Å². The maximum absolute atomic E-state index is 12.5. The summed E-state index contributed by atoms with van der Waals surface area (Å²) in [5, 5.41) is 0. The molecule has 5 heteroatoms. The Morgan fingerprint density at radius 2 is 1.52 bits per heavy atom. The Labute approximate surface area is 158 Å². The van der Waals surface area contributed by atoms with Crippen LogP contribution < -0.4 is 0 Å². The molecule has 0 aliphatic rings. The third-order valence-corrected chi connectivity index (χ3v) is 4.21. The summed E-state index contributed by atoms with van der Waals surface area (Å²) in [6.45, 7) is 7.49. The van der Waals surface area contributed by atoms with Crippen molar-refractivity contribution in [3.05, 3.63) is 71.3 Å².